The van der Waals surface area contributed by atoms with Gasteiger partial charge in [-0.3, -0.25) is 0 Å². The summed E-state index contributed by atoms with van der Waals surface area (Å²) in [4.78, 5) is 0. The van der Waals surface area contributed by atoms with Crippen LogP contribution in [0.2, 0.25) is 0 Å². The highest BCUT2D eigenvalue weighted by Gasteiger charge is 2.42. The van der Waals surface area contributed by atoms with Crippen molar-refractivity contribution in [3.05, 3.63) is 0 Å². The number of hydrogen-bond donors (Lipinski definition) is 1. The largest absolute Gasteiger partial charge is 0.381 e. The van der Waals surface area contributed by atoms with Crippen LogP contribution < -0.4 is 5.32 Å². The van der Waals surface area contributed by atoms with Gasteiger partial charge in [-0.05, 0) is 69.7 Å². The third-order valence-electron chi connectivity index (χ3n) is 5.71. The lowest BCUT2D eigenvalue weighted by molar-refractivity contribution is -0.0825. The van der Waals surface area contributed by atoms with Gasteiger partial charge in [0.05, 0.1) is 5.60 Å². The van der Waals surface area contributed by atoms with Crippen LogP contribution in [0, 0.1) is 11.8 Å². The van der Waals surface area contributed by atoms with Gasteiger partial charge in [-0.1, -0.05) is 13.8 Å². The molecular formula is C18H35NO2. The molecule has 1 heterocycles. The molecule has 1 atom stereocenters. The van der Waals surface area contributed by atoms with Gasteiger partial charge in [0.1, 0.15) is 0 Å². The lowest BCUT2D eigenvalue weighted by Gasteiger charge is -2.46. The smallest absolute Gasteiger partial charge is 0.0831 e. The second-order valence-corrected chi connectivity index (χ2v) is 7.25. The third-order valence-corrected chi connectivity index (χ3v) is 5.71. The SMILES string of the molecule is CCCNC(CC1CCOCC1)C1(OC)CCC(C)CC1. The zero-order valence-electron chi connectivity index (χ0n) is 14.3. The second-order valence-electron chi connectivity index (χ2n) is 7.25. The molecule has 0 bridgehead atoms. The van der Waals surface area contributed by atoms with E-state index in [1.54, 1.807) is 0 Å². The summed E-state index contributed by atoms with van der Waals surface area (Å²) < 4.78 is 11.7. The van der Waals surface area contributed by atoms with E-state index in [9.17, 15) is 0 Å². The quantitative estimate of drug-likeness (QED) is 0.776. The summed E-state index contributed by atoms with van der Waals surface area (Å²) >= 11 is 0. The monoisotopic (exact) mass is 297 g/mol. The van der Waals surface area contributed by atoms with Crippen molar-refractivity contribution in [1.82, 2.24) is 5.32 Å². The molecule has 1 unspecified atom stereocenters. The molecule has 0 aromatic carbocycles. The maximum absolute atomic E-state index is 6.13. The Labute approximate surface area is 131 Å². The van der Waals surface area contributed by atoms with Crippen molar-refractivity contribution in [3.8, 4) is 0 Å². The van der Waals surface area contributed by atoms with Crippen molar-refractivity contribution < 1.29 is 9.47 Å². The lowest BCUT2D eigenvalue weighted by Crippen LogP contribution is -2.55. The van der Waals surface area contributed by atoms with E-state index in [1.807, 2.05) is 7.11 Å². The van der Waals surface area contributed by atoms with Gasteiger partial charge in [-0.15, -0.1) is 0 Å². The average molecular weight is 297 g/mol. The Morgan fingerprint density at radius 3 is 2.43 bits per heavy atom. The molecule has 1 saturated carbocycles. The van der Waals surface area contributed by atoms with E-state index in [4.69, 9.17) is 9.47 Å². The van der Waals surface area contributed by atoms with Gasteiger partial charge in [0.2, 0.25) is 0 Å². The van der Waals surface area contributed by atoms with E-state index in [0.29, 0.717) is 6.04 Å². The fraction of sp³-hybridized carbons (Fsp3) is 1.00. The average Bonchev–Trinajstić information content (AvgIpc) is 2.54. The predicted molar refractivity (Wildman–Crippen MR) is 87.6 cm³/mol. The second kappa shape index (κ2) is 8.50. The molecule has 1 N–H and O–H groups in total. The van der Waals surface area contributed by atoms with Gasteiger partial charge in [0.15, 0.2) is 0 Å². The first-order valence-electron chi connectivity index (χ1n) is 9.06. The van der Waals surface area contributed by atoms with Crippen LogP contribution in [-0.4, -0.2) is 38.5 Å². The molecule has 1 saturated heterocycles. The Morgan fingerprint density at radius 2 is 1.86 bits per heavy atom. The first-order chi connectivity index (χ1) is 10.2. The van der Waals surface area contributed by atoms with Gasteiger partial charge >= 0.3 is 0 Å². The van der Waals surface area contributed by atoms with E-state index in [1.165, 1.54) is 51.4 Å². The molecule has 1 aliphatic carbocycles. The summed E-state index contributed by atoms with van der Waals surface area (Å²) in [7, 11) is 1.93. The zero-order chi connectivity index (χ0) is 15.1. The minimum atomic E-state index is 0.0694. The Balaban J connectivity index is 2.01. The topological polar surface area (TPSA) is 30.5 Å². The number of hydrogen-bond acceptors (Lipinski definition) is 3. The van der Waals surface area contributed by atoms with E-state index < -0.39 is 0 Å². The van der Waals surface area contributed by atoms with Crippen LogP contribution in [-0.2, 0) is 9.47 Å². The van der Waals surface area contributed by atoms with E-state index in [2.05, 4.69) is 19.2 Å². The summed E-state index contributed by atoms with van der Waals surface area (Å²) in [5, 5.41) is 3.83. The molecule has 3 nitrogen and oxygen atoms in total. The molecule has 124 valence electrons. The molecule has 0 spiro atoms. The molecule has 0 aromatic rings. The summed E-state index contributed by atoms with van der Waals surface area (Å²) in [6, 6.07) is 0.512. The fourth-order valence-corrected chi connectivity index (χ4v) is 4.06. The lowest BCUT2D eigenvalue weighted by atomic mass is 9.72. The van der Waals surface area contributed by atoms with Crippen LogP contribution in [0.1, 0.15) is 65.2 Å². The Hall–Kier alpha value is -0.120. The normalized spacial score (nSPS) is 33.0. The van der Waals surface area contributed by atoms with Gasteiger partial charge in [0.25, 0.3) is 0 Å². The van der Waals surface area contributed by atoms with Crippen LogP contribution >= 0.6 is 0 Å². The van der Waals surface area contributed by atoms with E-state index in [0.717, 1.165) is 31.6 Å². The van der Waals surface area contributed by atoms with Crippen molar-refractivity contribution in [2.24, 2.45) is 11.8 Å². The zero-order valence-corrected chi connectivity index (χ0v) is 14.3. The maximum Gasteiger partial charge on any atom is 0.0831 e. The Kier molecular flexibility index (Phi) is 6.97. The highest BCUT2D eigenvalue weighted by molar-refractivity contribution is 4.97. The van der Waals surface area contributed by atoms with E-state index in [-0.39, 0.29) is 5.60 Å². The highest BCUT2D eigenvalue weighted by Crippen LogP contribution is 2.39. The van der Waals surface area contributed by atoms with Crippen molar-refractivity contribution in [1.29, 1.82) is 0 Å². The van der Waals surface area contributed by atoms with Crippen molar-refractivity contribution >= 4 is 0 Å². The van der Waals surface area contributed by atoms with Gasteiger partial charge in [-0.2, -0.15) is 0 Å². The standard InChI is InChI=1S/C18H35NO2/c1-4-11-19-17(14-16-7-12-21-13-8-16)18(20-3)9-5-15(2)6-10-18/h15-17,19H,4-14H2,1-3H3. The Bertz CT molecular complexity index is 281. The molecule has 0 radical (unpaired) electrons. The number of rotatable bonds is 7. The first-order valence-corrected chi connectivity index (χ1v) is 9.06. The van der Waals surface area contributed by atoms with Gasteiger partial charge < -0.3 is 14.8 Å². The first kappa shape index (κ1) is 17.2. The van der Waals surface area contributed by atoms with Crippen LogP contribution in [0.15, 0.2) is 0 Å². The maximum atomic E-state index is 6.13. The third kappa shape index (κ3) is 4.67. The van der Waals surface area contributed by atoms with Gasteiger partial charge in [-0.25, -0.2) is 0 Å². The molecular weight excluding hydrogens is 262 g/mol. The summed E-state index contributed by atoms with van der Waals surface area (Å²) in [6.45, 7) is 7.63. The number of methoxy groups -OCH3 is 1. The number of ether oxygens (including phenoxy) is 2. The molecule has 0 amide bonds. The summed E-state index contributed by atoms with van der Waals surface area (Å²) in [5.41, 5.74) is 0.0694. The molecule has 2 rings (SSSR count). The fourth-order valence-electron chi connectivity index (χ4n) is 4.06. The van der Waals surface area contributed by atoms with Crippen molar-refractivity contribution in [3.63, 3.8) is 0 Å². The van der Waals surface area contributed by atoms with Crippen LogP contribution in [0.25, 0.3) is 0 Å². The minimum absolute atomic E-state index is 0.0694. The molecule has 1 aliphatic heterocycles. The Morgan fingerprint density at radius 1 is 1.19 bits per heavy atom. The molecule has 3 heteroatoms. The van der Waals surface area contributed by atoms with Crippen LogP contribution in [0.3, 0.4) is 0 Å². The predicted octanol–water partition coefficient (Wildman–Crippen LogP) is 3.77. The highest BCUT2D eigenvalue weighted by atomic mass is 16.5. The molecule has 2 fully saturated rings. The van der Waals surface area contributed by atoms with Gasteiger partial charge in [0, 0.05) is 26.4 Å². The minimum Gasteiger partial charge on any atom is -0.381 e. The van der Waals surface area contributed by atoms with Crippen LogP contribution in [0.5, 0.6) is 0 Å². The summed E-state index contributed by atoms with van der Waals surface area (Å²) in [6.07, 6.45) is 9.95. The van der Waals surface area contributed by atoms with Crippen molar-refractivity contribution in [2.75, 3.05) is 26.9 Å². The molecule has 0 aromatic heterocycles. The van der Waals surface area contributed by atoms with Crippen LogP contribution in [0.4, 0.5) is 0 Å². The summed E-state index contributed by atoms with van der Waals surface area (Å²) in [5.74, 6) is 1.67. The number of nitrogens with one attached hydrogen (secondary N) is 1. The molecule has 2 aliphatic rings. The van der Waals surface area contributed by atoms with E-state index >= 15 is 0 Å². The molecule has 21 heavy (non-hydrogen) atoms. The van der Waals surface area contributed by atoms with Crippen molar-refractivity contribution in [2.45, 2.75) is 76.9 Å².